The van der Waals surface area contributed by atoms with E-state index in [1.807, 2.05) is 49.1 Å². The van der Waals surface area contributed by atoms with Crippen LogP contribution in [0.1, 0.15) is 26.3 Å². The molecule has 0 N–H and O–H groups in total. The fraction of sp³-hybridized carbons (Fsp3) is 0.368. The standard InChI is InChI=1S/C19H23N3O3/c1-14-12-15(4-5-17(14)25-3)18(23)21-8-10-22(11-9-21)19(24)16-6-7-20(2)13-16/h4-7,12-13H,8-11H2,1-3H3. The zero-order valence-corrected chi connectivity index (χ0v) is 14.9. The van der Waals surface area contributed by atoms with Crippen molar-refractivity contribution in [2.24, 2.45) is 7.05 Å². The lowest BCUT2D eigenvalue weighted by Gasteiger charge is -2.34. The second-order valence-electron chi connectivity index (χ2n) is 6.33. The summed E-state index contributed by atoms with van der Waals surface area (Å²) >= 11 is 0. The predicted octanol–water partition coefficient (Wildman–Crippen LogP) is 1.94. The molecule has 0 bridgehead atoms. The van der Waals surface area contributed by atoms with Crippen molar-refractivity contribution < 1.29 is 14.3 Å². The molecule has 1 fully saturated rings. The molecule has 0 unspecified atom stereocenters. The number of benzene rings is 1. The van der Waals surface area contributed by atoms with Crippen LogP contribution in [0.4, 0.5) is 0 Å². The highest BCUT2D eigenvalue weighted by molar-refractivity contribution is 5.96. The van der Waals surface area contributed by atoms with Crippen molar-refractivity contribution in [3.05, 3.63) is 53.3 Å². The molecule has 0 spiro atoms. The number of amides is 2. The summed E-state index contributed by atoms with van der Waals surface area (Å²) in [5.74, 6) is 0.792. The van der Waals surface area contributed by atoms with E-state index in [9.17, 15) is 9.59 Å². The van der Waals surface area contributed by atoms with Crippen LogP contribution < -0.4 is 4.74 Å². The fourth-order valence-corrected chi connectivity index (χ4v) is 3.12. The van der Waals surface area contributed by atoms with Crippen LogP contribution in [0.25, 0.3) is 0 Å². The van der Waals surface area contributed by atoms with Crippen molar-refractivity contribution in [2.75, 3.05) is 33.3 Å². The zero-order valence-electron chi connectivity index (χ0n) is 14.9. The summed E-state index contributed by atoms with van der Waals surface area (Å²) in [6.07, 6.45) is 3.68. The number of nitrogens with zero attached hydrogens (tertiary/aromatic N) is 3. The number of aromatic nitrogens is 1. The van der Waals surface area contributed by atoms with Gasteiger partial charge in [0.05, 0.1) is 12.7 Å². The van der Waals surface area contributed by atoms with Crippen molar-refractivity contribution >= 4 is 11.8 Å². The van der Waals surface area contributed by atoms with E-state index >= 15 is 0 Å². The van der Waals surface area contributed by atoms with Crippen LogP contribution in [0.15, 0.2) is 36.7 Å². The molecule has 2 heterocycles. The Hall–Kier alpha value is -2.76. The Bertz CT molecular complexity index is 789. The average Bonchev–Trinajstić information content (AvgIpc) is 3.07. The minimum absolute atomic E-state index is 0.00226. The lowest BCUT2D eigenvalue weighted by atomic mass is 10.1. The maximum Gasteiger partial charge on any atom is 0.255 e. The highest BCUT2D eigenvalue weighted by Crippen LogP contribution is 2.20. The highest BCUT2D eigenvalue weighted by Gasteiger charge is 2.26. The first-order valence-corrected chi connectivity index (χ1v) is 8.35. The van der Waals surface area contributed by atoms with Gasteiger partial charge < -0.3 is 19.1 Å². The number of rotatable bonds is 3. The van der Waals surface area contributed by atoms with Gasteiger partial charge in [-0.3, -0.25) is 9.59 Å². The molecular formula is C19H23N3O3. The maximum absolute atomic E-state index is 12.7. The number of methoxy groups -OCH3 is 1. The molecule has 0 saturated carbocycles. The van der Waals surface area contributed by atoms with Crippen molar-refractivity contribution in [1.29, 1.82) is 0 Å². The van der Waals surface area contributed by atoms with Gasteiger partial charge in [0.15, 0.2) is 0 Å². The van der Waals surface area contributed by atoms with Crippen LogP contribution in [0.3, 0.4) is 0 Å². The monoisotopic (exact) mass is 341 g/mol. The van der Waals surface area contributed by atoms with Gasteiger partial charge in [0, 0.05) is 51.2 Å². The van der Waals surface area contributed by atoms with Gasteiger partial charge in [-0.05, 0) is 36.8 Å². The Labute approximate surface area is 147 Å². The van der Waals surface area contributed by atoms with Crippen LogP contribution >= 0.6 is 0 Å². The molecule has 0 atom stereocenters. The van der Waals surface area contributed by atoms with Crippen molar-refractivity contribution in [2.45, 2.75) is 6.92 Å². The molecule has 6 nitrogen and oxygen atoms in total. The first-order chi connectivity index (χ1) is 12.0. The van der Waals surface area contributed by atoms with E-state index in [1.165, 1.54) is 0 Å². The summed E-state index contributed by atoms with van der Waals surface area (Å²) in [6, 6.07) is 7.27. The van der Waals surface area contributed by atoms with E-state index in [-0.39, 0.29) is 11.8 Å². The van der Waals surface area contributed by atoms with Crippen LogP contribution in [0.2, 0.25) is 0 Å². The quantitative estimate of drug-likeness (QED) is 0.857. The molecule has 1 aromatic carbocycles. The van der Waals surface area contributed by atoms with E-state index in [0.717, 1.165) is 11.3 Å². The molecule has 25 heavy (non-hydrogen) atoms. The number of hydrogen-bond acceptors (Lipinski definition) is 3. The summed E-state index contributed by atoms with van der Waals surface area (Å²) in [5.41, 5.74) is 2.28. The van der Waals surface area contributed by atoms with Gasteiger partial charge in [-0.25, -0.2) is 0 Å². The second kappa shape index (κ2) is 7.01. The Morgan fingerprint density at radius 2 is 1.56 bits per heavy atom. The van der Waals surface area contributed by atoms with E-state index in [2.05, 4.69) is 0 Å². The SMILES string of the molecule is COc1ccc(C(=O)N2CCN(C(=O)c3ccn(C)c3)CC2)cc1C. The molecule has 0 aliphatic carbocycles. The summed E-state index contributed by atoms with van der Waals surface area (Å²) in [4.78, 5) is 28.8. The third kappa shape index (κ3) is 3.52. The zero-order chi connectivity index (χ0) is 18.0. The minimum Gasteiger partial charge on any atom is -0.496 e. The fourth-order valence-electron chi connectivity index (χ4n) is 3.12. The molecule has 6 heteroatoms. The Balaban J connectivity index is 1.62. The van der Waals surface area contributed by atoms with Gasteiger partial charge in [0.25, 0.3) is 11.8 Å². The average molecular weight is 341 g/mol. The Morgan fingerprint density at radius 1 is 0.960 bits per heavy atom. The summed E-state index contributed by atoms with van der Waals surface area (Å²) in [5, 5.41) is 0. The highest BCUT2D eigenvalue weighted by atomic mass is 16.5. The second-order valence-corrected chi connectivity index (χ2v) is 6.33. The lowest BCUT2D eigenvalue weighted by Crippen LogP contribution is -2.50. The normalized spacial score (nSPS) is 14.5. The van der Waals surface area contributed by atoms with E-state index in [4.69, 9.17) is 4.74 Å². The molecular weight excluding hydrogens is 318 g/mol. The van der Waals surface area contributed by atoms with Gasteiger partial charge in [0.2, 0.25) is 0 Å². The molecule has 2 aromatic rings. The molecule has 3 rings (SSSR count). The smallest absolute Gasteiger partial charge is 0.255 e. The first kappa shape index (κ1) is 17.1. The van der Waals surface area contributed by atoms with Gasteiger partial charge in [0.1, 0.15) is 5.75 Å². The number of ether oxygens (including phenoxy) is 1. The van der Waals surface area contributed by atoms with Gasteiger partial charge in [-0.2, -0.15) is 0 Å². The van der Waals surface area contributed by atoms with E-state index in [0.29, 0.717) is 37.3 Å². The Kier molecular flexibility index (Phi) is 4.79. The van der Waals surface area contributed by atoms with Crippen LogP contribution in [-0.4, -0.2) is 59.5 Å². The molecule has 1 aliphatic rings. The summed E-state index contributed by atoms with van der Waals surface area (Å²) in [6.45, 7) is 4.11. The van der Waals surface area contributed by atoms with Crippen molar-refractivity contribution in [3.8, 4) is 5.75 Å². The molecule has 2 amide bonds. The largest absolute Gasteiger partial charge is 0.496 e. The molecule has 132 valence electrons. The summed E-state index contributed by atoms with van der Waals surface area (Å²) in [7, 11) is 3.51. The number of piperazine rings is 1. The lowest BCUT2D eigenvalue weighted by molar-refractivity contribution is 0.0535. The number of hydrogen-bond donors (Lipinski definition) is 0. The van der Waals surface area contributed by atoms with Crippen molar-refractivity contribution in [1.82, 2.24) is 14.4 Å². The number of carbonyl (C=O) groups excluding carboxylic acids is 2. The molecule has 1 saturated heterocycles. The Morgan fingerprint density at radius 3 is 2.04 bits per heavy atom. The third-order valence-corrected chi connectivity index (χ3v) is 4.57. The minimum atomic E-state index is -0.00226. The van der Waals surface area contributed by atoms with Gasteiger partial charge >= 0.3 is 0 Å². The van der Waals surface area contributed by atoms with E-state index in [1.54, 1.807) is 23.0 Å². The van der Waals surface area contributed by atoms with Crippen LogP contribution in [0, 0.1) is 6.92 Å². The maximum atomic E-state index is 12.7. The number of aryl methyl sites for hydroxylation is 2. The number of carbonyl (C=O) groups is 2. The predicted molar refractivity (Wildman–Crippen MR) is 95.0 cm³/mol. The third-order valence-electron chi connectivity index (χ3n) is 4.57. The first-order valence-electron chi connectivity index (χ1n) is 8.35. The van der Waals surface area contributed by atoms with E-state index < -0.39 is 0 Å². The van der Waals surface area contributed by atoms with Gasteiger partial charge in [-0.15, -0.1) is 0 Å². The summed E-state index contributed by atoms with van der Waals surface area (Å²) < 4.78 is 7.10. The van der Waals surface area contributed by atoms with Gasteiger partial charge in [-0.1, -0.05) is 0 Å². The molecule has 1 aliphatic heterocycles. The van der Waals surface area contributed by atoms with Crippen LogP contribution in [0.5, 0.6) is 5.75 Å². The topological polar surface area (TPSA) is 54.8 Å². The molecule has 0 radical (unpaired) electrons. The van der Waals surface area contributed by atoms with Crippen LogP contribution in [-0.2, 0) is 7.05 Å². The molecule has 1 aromatic heterocycles. The van der Waals surface area contributed by atoms with Crippen molar-refractivity contribution in [3.63, 3.8) is 0 Å².